The summed E-state index contributed by atoms with van der Waals surface area (Å²) in [5.74, 6) is -0.176. The van der Waals surface area contributed by atoms with E-state index in [9.17, 15) is 9.18 Å². The van der Waals surface area contributed by atoms with Crippen molar-refractivity contribution in [3.8, 4) is 17.3 Å². The Hall–Kier alpha value is -4.75. The summed E-state index contributed by atoms with van der Waals surface area (Å²) >= 11 is 6.62. The van der Waals surface area contributed by atoms with Gasteiger partial charge in [-0.3, -0.25) is 14.7 Å². The van der Waals surface area contributed by atoms with Crippen molar-refractivity contribution in [3.05, 3.63) is 71.2 Å². The first-order chi connectivity index (χ1) is 24.7. The number of ether oxygens (including phenoxy) is 1. The van der Waals surface area contributed by atoms with E-state index in [-0.39, 0.29) is 46.3 Å². The second-order valence-electron chi connectivity index (χ2n) is 13.8. The highest BCUT2D eigenvalue weighted by Gasteiger charge is 2.45. The number of halogens is 3. The van der Waals surface area contributed by atoms with E-state index in [1.54, 1.807) is 17.2 Å². The molecule has 14 heteroatoms. The van der Waals surface area contributed by atoms with Gasteiger partial charge in [0.15, 0.2) is 12.0 Å². The smallest absolute Gasteiger partial charge is 0.319 e. The molecule has 3 saturated heterocycles. The molecule has 0 aliphatic carbocycles. The Morgan fingerprint density at radius 3 is 2.67 bits per heavy atom. The second-order valence-corrected chi connectivity index (χ2v) is 14.2. The van der Waals surface area contributed by atoms with Gasteiger partial charge in [-0.2, -0.15) is 15.0 Å². The van der Waals surface area contributed by atoms with Crippen molar-refractivity contribution in [1.29, 1.82) is 0 Å². The summed E-state index contributed by atoms with van der Waals surface area (Å²) in [6.45, 7) is 5.41. The monoisotopic (exact) mass is 714 g/mol. The Balaban J connectivity index is 1.06. The normalized spacial score (nSPS) is 18.1. The summed E-state index contributed by atoms with van der Waals surface area (Å²) in [6.07, 6.45) is 7.32. The number of pyridine rings is 1. The second kappa shape index (κ2) is 13.4. The first kappa shape index (κ1) is 33.4. The average Bonchev–Trinajstić information content (AvgIpc) is 3.84. The topological polar surface area (TPSA) is 114 Å². The van der Waals surface area contributed by atoms with Crippen molar-refractivity contribution < 1.29 is 22.8 Å². The fourth-order valence-corrected chi connectivity index (χ4v) is 8.06. The van der Waals surface area contributed by atoms with Gasteiger partial charge in [0.25, 0.3) is 5.89 Å². The van der Waals surface area contributed by atoms with Gasteiger partial charge in [0.2, 0.25) is 11.7 Å². The predicted octanol–water partition coefficient (Wildman–Crippen LogP) is 6.67. The largest absolute Gasteiger partial charge is 0.461 e. The van der Waals surface area contributed by atoms with Crippen LogP contribution < -0.4 is 9.64 Å². The molecule has 5 aromatic rings. The number of hydrogen-bond donors (Lipinski definition) is 0. The molecule has 6 heterocycles. The molecule has 0 bridgehead atoms. The molecular formula is C37H37ClF2N8O3. The van der Waals surface area contributed by atoms with Gasteiger partial charge in [0, 0.05) is 66.9 Å². The lowest BCUT2D eigenvalue weighted by atomic mass is 9.95. The summed E-state index contributed by atoms with van der Waals surface area (Å²) in [7, 11) is 1.89. The first-order valence-corrected chi connectivity index (χ1v) is 17.6. The number of likely N-dealkylation sites (tertiary alicyclic amines) is 1. The van der Waals surface area contributed by atoms with Crippen molar-refractivity contribution in [1.82, 2.24) is 34.9 Å². The highest BCUT2D eigenvalue weighted by atomic mass is 35.5. The SMILES string of the molecule is C[C@H](F)c1noc(/C=C/C(=O)N2CC(CN(C)c3nc(OCC45CCCN4CCC5)nc4c(F)c(-c5cccc6cccc(Cl)c56)ncc34)C2)n1. The Kier molecular flexibility index (Phi) is 8.79. The van der Waals surface area contributed by atoms with Crippen molar-refractivity contribution in [2.24, 2.45) is 5.92 Å². The van der Waals surface area contributed by atoms with Crippen molar-refractivity contribution in [3.63, 3.8) is 0 Å². The molecule has 0 radical (unpaired) electrons. The number of fused-ring (bicyclic) bond motifs is 3. The highest BCUT2D eigenvalue weighted by Crippen LogP contribution is 2.40. The Morgan fingerprint density at radius 2 is 1.92 bits per heavy atom. The zero-order chi connectivity index (χ0) is 35.3. The van der Waals surface area contributed by atoms with Crippen molar-refractivity contribution >= 4 is 51.1 Å². The zero-order valence-electron chi connectivity index (χ0n) is 28.4. The number of alkyl halides is 1. The summed E-state index contributed by atoms with van der Waals surface area (Å²) in [4.78, 5) is 36.9. The summed E-state index contributed by atoms with van der Waals surface area (Å²) in [5, 5.41) is 6.12. The minimum atomic E-state index is -1.36. The quantitative estimate of drug-likeness (QED) is 0.146. The molecule has 0 saturated carbocycles. The Labute approximate surface area is 298 Å². The van der Waals surface area contributed by atoms with Gasteiger partial charge < -0.3 is 19.1 Å². The van der Waals surface area contributed by atoms with E-state index in [0.29, 0.717) is 53.4 Å². The molecule has 0 N–H and O–H groups in total. The van der Waals surface area contributed by atoms with Crippen LogP contribution in [0.25, 0.3) is 39.0 Å². The number of nitrogens with zero attached hydrogens (tertiary/aromatic N) is 8. The maximum absolute atomic E-state index is 16.7. The van der Waals surface area contributed by atoms with E-state index in [2.05, 4.69) is 25.0 Å². The third-order valence-corrected chi connectivity index (χ3v) is 10.7. The minimum absolute atomic E-state index is 0.0418. The molecule has 51 heavy (non-hydrogen) atoms. The molecule has 3 aliphatic rings. The van der Waals surface area contributed by atoms with Crippen LogP contribution in [0.5, 0.6) is 6.01 Å². The number of carbonyl (C=O) groups is 1. The maximum atomic E-state index is 16.7. The van der Waals surface area contributed by atoms with E-state index in [4.69, 9.17) is 25.8 Å². The van der Waals surface area contributed by atoms with Crippen LogP contribution in [0.3, 0.4) is 0 Å². The van der Waals surface area contributed by atoms with Gasteiger partial charge >= 0.3 is 6.01 Å². The van der Waals surface area contributed by atoms with E-state index in [1.807, 2.05) is 42.3 Å². The van der Waals surface area contributed by atoms with Gasteiger partial charge in [-0.05, 0) is 57.1 Å². The summed E-state index contributed by atoms with van der Waals surface area (Å²) in [6, 6.07) is 11.3. The van der Waals surface area contributed by atoms with Crippen LogP contribution in [0.4, 0.5) is 14.6 Å². The third kappa shape index (κ3) is 6.26. The fourth-order valence-electron chi connectivity index (χ4n) is 7.78. The molecule has 264 valence electrons. The highest BCUT2D eigenvalue weighted by molar-refractivity contribution is 6.36. The van der Waals surface area contributed by atoms with E-state index in [1.165, 1.54) is 19.1 Å². The molecule has 3 fully saturated rings. The number of anilines is 1. The standard InChI is InChI=1S/C37H37ClF2N8O3/c1-22(39)34-42-28(51-45-34)11-12-29(49)47-19-23(20-47)18-46(2)35-26-17-41-32(25-9-3-7-24-8-4-10-27(38)30(24)25)31(40)33(26)43-36(44-35)50-21-37-13-5-15-48(37)16-6-14-37/h3-4,7-12,17,22-23H,5-6,13-16,18-21H2,1-2H3/b12-11+/t22-/m0/s1. The van der Waals surface area contributed by atoms with Crippen LogP contribution in [0, 0.1) is 11.7 Å². The predicted molar refractivity (Wildman–Crippen MR) is 190 cm³/mol. The number of carbonyl (C=O) groups excluding carboxylic acids is 1. The van der Waals surface area contributed by atoms with E-state index < -0.39 is 12.0 Å². The third-order valence-electron chi connectivity index (χ3n) is 10.4. The lowest BCUT2D eigenvalue weighted by Gasteiger charge is -2.40. The maximum Gasteiger partial charge on any atom is 0.319 e. The van der Waals surface area contributed by atoms with Gasteiger partial charge in [-0.1, -0.05) is 47.1 Å². The molecular weight excluding hydrogens is 678 g/mol. The zero-order valence-corrected chi connectivity index (χ0v) is 29.1. The molecule has 3 aliphatic heterocycles. The van der Waals surface area contributed by atoms with Crippen LogP contribution in [-0.2, 0) is 4.79 Å². The molecule has 0 spiro atoms. The molecule has 2 aromatic carbocycles. The van der Waals surface area contributed by atoms with E-state index in [0.717, 1.165) is 44.2 Å². The molecule has 11 nitrogen and oxygen atoms in total. The molecule has 3 aromatic heterocycles. The van der Waals surface area contributed by atoms with Crippen molar-refractivity contribution in [2.75, 3.05) is 51.3 Å². The minimum Gasteiger partial charge on any atom is -0.461 e. The number of benzene rings is 2. The summed E-state index contributed by atoms with van der Waals surface area (Å²) in [5.41, 5.74) is 0.794. The number of rotatable bonds is 10. The van der Waals surface area contributed by atoms with Crippen molar-refractivity contribution in [2.45, 2.75) is 44.3 Å². The Morgan fingerprint density at radius 1 is 1.16 bits per heavy atom. The summed E-state index contributed by atoms with van der Waals surface area (Å²) < 4.78 is 41.5. The average molecular weight is 715 g/mol. The fraction of sp³-hybridized carbons (Fsp3) is 0.405. The van der Waals surface area contributed by atoms with Crippen LogP contribution in [0.2, 0.25) is 5.02 Å². The number of aromatic nitrogens is 5. The van der Waals surface area contributed by atoms with Gasteiger partial charge in [0.1, 0.15) is 23.6 Å². The molecule has 1 amide bonds. The van der Waals surface area contributed by atoms with Crippen LogP contribution in [-0.4, -0.2) is 92.7 Å². The van der Waals surface area contributed by atoms with Crippen LogP contribution in [0.15, 0.2) is 53.2 Å². The molecule has 0 unspecified atom stereocenters. The molecule has 8 rings (SSSR count). The number of hydrogen-bond acceptors (Lipinski definition) is 10. The van der Waals surface area contributed by atoms with Gasteiger partial charge in [-0.15, -0.1) is 0 Å². The molecule has 1 atom stereocenters. The van der Waals surface area contributed by atoms with Gasteiger partial charge in [-0.25, -0.2) is 8.78 Å². The van der Waals surface area contributed by atoms with Crippen LogP contribution in [0.1, 0.15) is 50.5 Å². The Bertz CT molecular complexity index is 2140. The first-order valence-electron chi connectivity index (χ1n) is 17.3. The van der Waals surface area contributed by atoms with Gasteiger partial charge in [0.05, 0.1) is 10.9 Å². The van der Waals surface area contributed by atoms with E-state index >= 15 is 4.39 Å². The lowest BCUT2D eigenvalue weighted by Crippen LogP contribution is -2.53. The van der Waals surface area contributed by atoms with Crippen LogP contribution >= 0.6 is 11.6 Å². The lowest BCUT2D eigenvalue weighted by molar-refractivity contribution is -0.131. The number of amides is 1.